The Bertz CT molecular complexity index is 593. The minimum absolute atomic E-state index is 0.0873. The van der Waals surface area contributed by atoms with E-state index in [0.717, 1.165) is 17.8 Å². The second-order valence-corrected chi connectivity index (χ2v) is 4.84. The summed E-state index contributed by atoms with van der Waals surface area (Å²) in [6, 6.07) is 11.9. The van der Waals surface area contributed by atoms with Gasteiger partial charge >= 0.3 is 6.18 Å². The molecule has 19 heavy (non-hydrogen) atoms. The van der Waals surface area contributed by atoms with E-state index in [-0.39, 0.29) is 4.90 Å². The van der Waals surface area contributed by atoms with Crippen molar-refractivity contribution in [1.29, 1.82) is 0 Å². The Morgan fingerprint density at radius 1 is 0.895 bits per heavy atom. The summed E-state index contributed by atoms with van der Waals surface area (Å²) in [6.45, 7) is 0. The third-order valence-electron chi connectivity index (χ3n) is 2.46. The van der Waals surface area contributed by atoms with Gasteiger partial charge in [0.2, 0.25) is 0 Å². The van der Waals surface area contributed by atoms with Gasteiger partial charge in [-0.2, -0.15) is 13.2 Å². The molecule has 0 fully saturated rings. The van der Waals surface area contributed by atoms with Gasteiger partial charge in [0.1, 0.15) is 0 Å². The van der Waals surface area contributed by atoms with Crippen molar-refractivity contribution in [2.75, 3.05) is 0 Å². The maximum Gasteiger partial charge on any atom is 0.417 e. The van der Waals surface area contributed by atoms with Gasteiger partial charge in [0.25, 0.3) is 0 Å². The molecule has 0 amide bonds. The van der Waals surface area contributed by atoms with E-state index in [0.29, 0.717) is 16.7 Å². The van der Waals surface area contributed by atoms with Gasteiger partial charge in [-0.3, -0.25) is 4.79 Å². The van der Waals surface area contributed by atoms with E-state index in [1.807, 2.05) is 0 Å². The van der Waals surface area contributed by atoms with Crippen molar-refractivity contribution in [2.24, 2.45) is 0 Å². The van der Waals surface area contributed by atoms with Crippen LogP contribution >= 0.6 is 11.8 Å². The van der Waals surface area contributed by atoms with Crippen LogP contribution in [-0.2, 0) is 6.18 Å². The van der Waals surface area contributed by atoms with Gasteiger partial charge in [-0.15, -0.1) is 0 Å². The number of aldehydes is 1. The molecule has 0 aliphatic carbocycles. The highest BCUT2D eigenvalue weighted by molar-refractivity contribution is 7.99. The Morgan fingerprint density at radius 3 is 2.11 bits per heavy atom. The van der Waals surface area contributed by atoms with Crippen molar-refractivity contribution >= 4 is 18.0 Å². The molecule has 0 aromatic heterocycles. The number of rotatable bonds is 3. The van der Waals surface area contributed by atoms with Crippen LogP contribution in [0.2, 0.25) is 0 Å². The Kier molecular flexibility index (Phi) is 3.95. The molecule has 0 saturated carbocycles. The molecule has 0 aliphatic rings. The van der Waals surface area contributed by atoms with E-state index < -0.39 is 11.7 Å². The maximum absolute atomic E-state index is 12.9. The summed E-state index contributed by atoms with van der Waals surface area (Å²) < 4.78 is 38.6. The molecular formula is C14H9F3OS. The zero-order valence-electron chi connectivity index (χ0n) is 9.65. The Hall–Kier alpha value is -1.75. The molecule has 0 aliphatic heterocycles. The average molecular weight is 282 g/mol. The fraction of sp³-hybridized carbons (Fsp3) is 0.0714. The number of hydrogen-bond acceptors (Lipinski definition) is 2. The predicted molar refractivity (Wildman–Crippen MR) is 67.4 cm³/mol. The van der Waals surface area contributed by atoms with E-state index >= 15 is 0 Å². The first-order valence-electron chi connectivity index (χ1n) is 5.40. The molecule has 1 nitrogen and oxygen atoms in total. The molecule has 2 aromatic rings. The van der Waals surface area contributed by atoms with Crippen molar-refractivity contribution in [2.45, 2.75) is 16.0 Å². The standard InChI is InChI=1S/C14H9F3OS/c15-14(16,17)11-6-2-4-8-13(11)19-12-7-3-1-5-10(12)9-18/h1-9H. The molecule has 0 atom stereocenters. The Morgan fingerprint density at radius 2 is 1.47 bits per heavy atom. The lowest BCUT2D eigenvalue weighted by Crippen LogP contribution is -2.06. The third kappa shape index (κ3) is 3.17. The SMILES string of the molecule is O=Cc1ccccc1Sc1ccccc1C(F)(F)F. The lowest BCUT2D eigenvalue weighted by Gasteiger charge is -2.12. The fourth-order valence-corrected chi connectivity index (χ4v) is 2.64. The first kappa shape index (κ1) is 13.7. The minimum atomic E-state index is -4.40. The highest BCUT2D eigenvalue weighted by Crippen LogP contribution is 2.39. The lowest BCUT2D eigenvalue weighted by molar-refractivity contribution is -0.139. The van der Waals surface area contributed by atoms with Gasteiger partial charge in [0.15, 0.2) is 6.29 Å². The number of carbonyl (C=O) groups excluding carboxylic acids is 1. The van der Waals surface area contributed by atoms with Crippen LogP contribution in [0.15, 0.2) is 58.3 Å². The van der Waals surface area contributed by atoms with Crippen LogP contribution in [0.1, 0.15) is 15.9 Å². The van der Waals surface area contributed by atoms with Crippen LogP contribution in [0.5, 0.6) is 0 Å². The fourth-order valence-electron chi connectivity index (χ4n) is 1.58. The third-order valence-corrected chi connectivity index (χ3v) is 3.63. The van der Waals surface area contributed by atoms with Crippen LogP contribution < -0.4 is 0 Å². The smallest absolute Gasteiger partial charge is 0.298 e. The summed E-state index contributed by atoms with van der Waals surface area (Å²) in [4.78, 5) is 11.5. The summed E-state index contributed by atoms with van der Waals surface area (Å²) in [5.74, 6) is 0. The molecule has 0 N–H and O–H groups in total. The van der Waals surface area contributed by atoms with Gasteiger partial charge in [0, 0.05) is 15.4 Å². The van der Waals surface area contributed by atoms with Crippen LogP contribution in [0.3, 0.4) is 0 Å². The van der Waals surface area contributed by atoms with Gasteiger partial charge in [0.05, 0.1) is 5.56 Å². The quantitative estimate of drug-likeness (QED) is 0.761. The van der Waals surface area contributed by atoms with Crippen molar-refractivity contribution in [3.05, 3.63) is 59.7 Å². The summed E-state index contributed by atoms with van der Waals surface area (Å²) >= 11 is 0.941. The molecule has 0 radical (unpaired) electrons. The summed E-state index contributed by atoms with van der Waals surface area (Å²) in [6.07, 6.45) is -3.77. The minimum Gasteiger partial charge on any atom is -0.298 e. The zero-order valence-corrected chi connectivity index (χ0v) is 10.5. The van der Waals surface area contributed by atoms with Crippen molar-refractivity contribution < 1.29 is 18.0 Å². The average Bonchev–Trinajstić information content (AvgIpc) is 2.39. The van der Waals surface area contributed by atoms with Crippen LogP contribution in [0, 0.1) is 0 Å². The summed E-state index contributed by atoms with van der Waals surface area (Å²) in [7, 11) is 0. The van der Waals surface area contributed by atoms with Crippen LogP contribution in [0.25, 0.3) is 0 Å². The summed E-state index contributed by atoms with van der Waals surface area (Å²) in [5, 5.41) is 0. The lowest BCUT2D eigenvalue weighted by atomic mass is 10.2. The van der Waals surface area contributed by atoms with Gasteiger partial charge in [-0.1, -0.05) is 42.1 Å². The number of carbonyl (C=O) groups is 1. The predicted octanol–water partition coefficient (Wildman–Crippen LogP) is 4.67. The zero-order chi connectivity index (χ0) is 13.9. The molecular weight excluding hydrogens is 273 g/mol. The van der Waals surface area contributed by atoms with E-state index in [9.17, 15) is 18.0 Å². The second kappa shape index (κ2) is 5.48. The second-order valence-electron chi connectivity index (χ2n) is 3.75. The number of benzene rings is 2. The Labute approximate surface area is 112 Å². The molecule has 0 saturated heterocycles. The normalized spacial score (nSPS) is 11.3. The first-order valence-corrected chi connectivity index (χ1v) is 6.22. The number of alkyl halides is 3. The molecule has 2 rings (SSSR count). The number of halogens is 3. The molecule has 5 heteroatoms. The first-order chi connectivity index (χ1) is 9.02. The van der Waals surface area contributed by atoms with E-state index in [1.54, 1.807) is 30.3 Å². The molecule has 0 spiro atoms. The van der Waals surface area contributed by atoms with Crippen molar-refractivity contribution in [3.63, 3.8) is 0 Å². The largest absolute Gasteiger partial charge is 0.417 e. The van der Waals surface area contributed by atoms with Gasteiger partial charge in [-0.25, -0.2) is 0 Å². The molecule has 0 heterocycles. The molecule has 98 valence electrons. The topological polar surface area (TPSA) is 17.1 Å². The molecule has 0 bridgehead atoms. The highest BCUT2D eigenvalue weighted by Gasteiger charge is 2.33. The van der Waals surface area contributed by atoms with Crippen LogP contribution in [-0.4, -0.2) is 6.29 Å². The van der Waals surface area contributed by atoms with E-state index in [1.165, 1.54) is 12.1 Å². The van der Waals surface area contributed by atoms with Crippen LogP contribution in [0.4, 0.5) is 13.2 Å². The van der Waals surface area contributed by atoms with Crippen molar-refractivity contribution in [1.82, 2.24) is 0 Å². The van der Waals surface area contributed by atoms with Gasteiger partial charge in [-0.05, 0) is 18.2 Å². The molecule has 2 aromatic carbocycles. The summed E-state index contributed by atoms with van der Waals surface area (Å²) in [5.41, 5.74) is -0.315. The van der Waals surface area contributed by atoms with Crippen molar-refractivity contribution in [3.8, 4) is 0 Å². The monoisotopic (exact) mass is 282 g/mol. The highest BCUT2D eigenvalue weighted by atomic mass is 32.2. The van der Waals surface area contributed by atoms with E-state index in [2.05, 4.69) is 0 Å². The van der Waals surface area contributed by atoms with Gasteiger partial charge < -0.3 is 0 Å². The maximum atomic E-state index is 12.9. The molecule has 0 unspecified atom stereocenters. The van der Waals surface area contributed by atoms with E-state index in [4.69, 9.17) is 0 Å². The number of hydrogen-bond donors (Lipinski definition) is 0. The Balaban J connectivity index is 2.42.